The van der Waals surface area contributed by atoms with E-state index in [4.69, 9.17) is 4.74 Å². The van der Waals surface area contributed by atoms with Gasteiger partial charge in [0.1, 0.15) is 12.4 Å². The van der Waals surface area contributed by atoms with Crippen LogP contribution in [0.2, 0.25) is 0 Å². The molecule has 1 aliphatic heterocycles. The van der Waals surface area contributed by atoms with E-state index in [1.807, 2.05) is 11.8 Å². The lowest BCUT2D eigenvalue weighted by atomic mass is 10.1. The molecule has 0 bridgehead atoms. The minimum atomic E-state index is 0.632. The Hall–Kier alpha value is -5.91. The first-order valence-electron chi connectivity index (χ1n) is 17.0. The average molecular weight is 666 g/mol. The highest BCUT2D eigenvalue weighted by molar-refractivity contribution is 8.06. The van der Waals surface area contributed by atoms with Crippen LogP contribution >= 0.6 is 11.8 Å². The van der Waals surface area contributed by atoms with Gasteiger partial charge in [0.15, 0.2) is 0 Å². The van der Waals surface area contributed by atoms with Crippen molar-refractivity contribution < 1.29 is 4.74 Å². The Balaban J connectivity index is 1.25. The fourth-order valence-corrected chi connectivity index (χ4v) is 7.20. The molecule has 1 atom stereocenters. The number of hydrogen-bond donors (Lipinski definition) is 0. The first-order chi connectivity index (χ1) is 24.8. The second-order valence-corrected chi connectivity index (χ2v) is 13.8. The Kier molecular flexibility index (Phi) is 7.96. The number of nitrogens with zero attached hydrogens (tertiary/aromatic N) is 3. The van der Waals surface area contributed by atoms with Gasteiger partial charge in [-0.3, -0.25) is 0 Å². The van der Waals surface area contributed by atoms with Crippen LogP contribution < -0.4 is 14.5 Å². The Labute approximate surface area is 296 Å². The molecular formula is C45H35N3OS. The largest absolute Gasteiger partial charge is 0.492 e. The van der Waals surface area contributed by atoms with E-state index >= 15 is 0 Å². The molecule has 242 valence electrons. The number of aromatic nitrogens is 1. The summed E-state index contributed by atoms with van der Waals surface area (Å²) in [6.45, 7) is 0.767. The summed E-state index contributed by atoms with van der Waals surface area (Å²) >= 11 is 1.96. The summed E-state index contributed by atoms with van der Waals surface area (Å²) in [5.74, 6) is 2.11. The highest BCUT2D eigenvalue weighted by Crippen LogP contribution is 2.42. The van der Waals surface area contributed by atoms with Crippen LogP contribution in [0.3, 0.4) is 0 Å². The first-order valence-corrected chi connectivity index (χ1v) is 18.1. The smallest absolute Gasteiger partial charge is 0.119 e. The molecule has 8 aromatic rings. The maximum Gasteiger partial charge on any atom is 0.119 e. The molecule has 0 radical (unpaired) electrons. The number of para-hydroxylation sites is 4. The van der Waals surface area contributed by atoms with Crippen molar-refractivity contribution in [3.8, 4) is 11.4 Å². The number of rotatable bonds is 10. The quantitative estimate of drug-likeness (QED) is 0.135. The van der Waals surface area contributed by atoms with Crippen molar-refractivity contribution in [3.05, 3.63) is 182 Å². The molecule has 0 spiro atoms. The van der Waals surface area contributed by atoms with Gasteiger partial charge in [0.05, 0.1) is 11.0 Å². The summed E-state index contributed by atoms with van der Waals surface area (Å²) in [4.78, 5) is 4.66. The molecule has 4 nitrogen and oxygen atoms in total. The third-order valence-electron chi connectivity index (χ3n) is 9.24. The molecule has 1 unspecified atom stereocenters. The van der Waals surface area contributed by atoms with Crippen LogP contribution in [0.15, 0.2) is 182 Å². The van der Waals surface area contributed by atoms with Crippen molar-refractivity contribution >= 4 is 67.7 Å². The predicted octanol–water partition coefficient (Wildman–Crippen LogP) is 12.2. The Morgan fingerprint density at radius 2 is 0.880 bits per heavy atom. The minimum absolute atomic E-state index is 0.632. The maximum atomic E-state index is 6.09. The predicted molar refractivity (Wildman–Crippen MR) is 212 cm³/mol. The zero-order valence-corrected chi connectivity index (χ0v) is 28.3. The second-order valence-electron chi connectivity index (χ2n) is 12.5. The van der Waals surface area contributed by atoms with Gasteiger partial charge in [0, 0.05) is 61.6 Å². The number of hydrogen-bond acceptors (Lipinski definition) is 4. The van der Waals surface area contributed by atoms with Crippen LogP contribution in [-0.2, 0) is 0 Å². The lowest BCUT2D eigenvalue weighted by Gasteiger charge is -2.26. The van der Waals surface area contributed by atoms with Crippen molar-refractivity contribution in [2.45, 2.75) is 5.25 Å². The second kappa shape index (κ2) is 13.2. The van der Waals surface area contributed by atoms with Gasteiger partial charge >= 0.3 is 0 Å². The van der Waals surface area contributed by atoms with Gasteiger partial charge in [-0.1, -0.05) is 72.8 Å². The molecule has 0 aliphatic carbocycles. The zero-order chi connectivity index (χ0) is 33.3. The number of benzene rings is 7. The van der Waals surface area contributed by atoms with Crippen LogP contribution in [0.25, 0.3) is 27.5 Å². The molecule has 1 aliphatic rings. The normalized spacial score (nSPS) is 13.7. The molecule has 2 heterocycles. The fraction of sp³-hybridized carbons (Fsp3) is 0.0667. The third kappa shape index (κ3) is 5.86. The van der Waals surface area contributed by atoms with Gasteiger partial charge in [0.2, 0.25) is 0 Å². The van der Waals surface area contributed by atoms with Crippen LogP contribution in [-0.4, -0.2) is 22.2 Å². The van der Waals surface area contributed by atoms with Crippen LogP contribution in [0.4, 0.5) is 34.1 Å². The SMILES string of the molecule is c1ccc(N(c2ccccc2)c2ccc3c(c2)c2cc(N(c4ccccc4)c4ccccc4)ccc2n3-c2ccc(OCC3CS3)cc2)cc1. The van der Waals surface area contributed by atoms with Crippen LogP contribution in [0.1, 0.15) is 0 Å². The van der Waals surface area contributed by atoms with E-state index in [9.17, 15) is 0 Å². The van der Waals surface area contributed by atoms with Gasteiger partial charge < -0.3 is 19.1 Å². The number of anilines is 6. The van der Waals surface area contributed by atoms with Crippen LogP contribution in [0, 0.1) is 0 Å². The zero-order valence-electron chi connectivity index (χ0n) is 27.5. The summed E-state index contributed by atoms with van der Waals surface area (Å²) in [7, 11) is 0. The Morgan fingerprint density at radius 3 is 1.26 bits per heavy atom. The molecule has 0 amide bonds. The first kappa shape index (κ1) is 30.2. The summed E-state index contributed by atoms with van der Waals surface area (Å²) in [6.07, 6.45) is 0. The van der Waals surface area contributed by atoms with Gasteiger partial charge in [-0.2, -0.15) is 11.8 Å². The molecule has 9 rings (SSSR count). The maximum absolute atomic E-state index is 6.09. The van der Waals surface area contributed by atoms with Crippen molar-refractivity contribution in [1.82, 2.24) is 4.57 Å². The molecule has 1 fully saturated rings. The summed E-state index contributed by atoms with van der Waals surface area (Å²) in [6, 6.07) is 64.7. The van der Waals surface area contributed by atoms with E-state index in [2.05, 4.69) is 196 Å². The van der Waals surface area contributed by atoms with E-state index in [1.54, 1.807) is 0 Å². The van der Waals surface area contributed by atoms with Gasteiger partial charge in [-0.15, -0.1) is 0 Å². The van der Waals surface area contributed by atoms with E-state index in [-0.39, 0.29) is 0 Å². The van der Waals surface area contributed by atoms with E-state index in [1.165, 1.54) is 16.5 Å². The van der Waals surface area contributed by atoms with Crippen molar-refractivity contribution in [2.75, 3.05) is 22.2 Å². The molecule has 0 N–H and O–H groups in total. The number of thioether (sulfide) groups is 1. The molecule has 1 saturated heterocycles. The molecule has 7 aromatic carbocycles. The molecule has 0 saturated carbocycles. The van der Waals surface area contributed by atoms with E-state index in [0.29, 0.717) is 5.25 Å². The molecular weight excluding hydrogens is 631 g/mol. The Bertz CT molecular complexity index is 2150. The van der Waals surface area contributed by atoms with Gasteiger partial charge in [0.25, 0.3) is 0 Å². The molecule has 50 heavy (non-hydrogen) atoms. The van der Waals surface area contributed by atoms with E-state index in [0.717, 1.165) is 63.2 Å². The van der Waals surface area contributed by atoms with Crippen molar-refractivity contribution in [3.63, 3.8) is 0 Å². The Morgan fingerprint density at radius 1 is 0.480 bits per heavy atom. The highest BCUT2D eigenvalue weighted by atomic mass is 32.2. The number of fused-ring (bicyclic) bond motifs is 3. The lowest BCUT2D eigenvalue weighted by Crippen LogP contribution is -2.09. The van der Waals surface area contributed by atoms with E-state index < -0.39 is 0 Å². The molecule has 5 heteroatoms. The summed E-state index contributed by atoms with van der Waals surface area (Å²) in [5, 5.41) is 3.00. The third-order valence-corrected chi connectivity index (χ3v) is 10.2. The topological polar surface area (TPSA) is 20.6 Å². The molecule has 1 aromatic heterocycles. The average Bonchev–Trinajstić information content (AvgIpc) is 3.97. The standard InChI is InChI=1S/C45H35N3OS/c1-5-13-33(14-6-1)46(34-15-7-2-8-16-34)38-23-27-44-42(29-38)43-30-39(47(35-17-9-3-10-18-35)36-19-11-4-12-20-36)24-28-45(43)48(44)37-21-25-40(26-22-37)49-31-41-32-50-41/h1-30,41H,31-32H2. The summed E-state index contributed by atoms with van der Waals surface area (Å²) < 4.78 is 8.47. The lowest BCUT2D eigenvalue weighted by molar-refractivity contribution is 0.330. The van der Waals surface area contributed by atoms with Crippen molar-refractivity contribution in [2.24, 2.45) is 0 Å². The van der Waals surface area contributed by atoms with Gasteiger partial charge in [-0.25, -0.2) is 0 Å². The monoisotopic (exact) mass is 665 g/mol. The van der Waals surface area contributed by atoms with Crippen molar-refractivity contribution in [1.29, 1.82) is 0 Å². The van der Waals surface area contributed by atoms with Gasteiger partial charge in [-0.05, 0) is 109 Å². The minimum Gasteiger partial charge on any atom is -0.492 e. The van der Waals surface area contributed by atoms with Crippen LogP contribution in [0.5, 0.6) is 5.75 Å². The number of ether oxygens (including phenoxy) is 1. The highest BCUT2D eigenvalue weighted by Gasteiger charge is 2.23. The summed E-state index contributed by atoms with van der Waals surface area (Å²) in [5.41, 5.74) is 10.1. The fourth-order valence-electron chi connectivity index (χ4n) is 6.80.